The van der Waals surface area contributed by atoms with Crippen LogP contribution in [0.4, 0.5) is 4.39 Å². The first-order valence-corrected chi connectivity index (χ1v) is 6.51. The SMILES string of the molecule is CC(=O)c1ccc(OCc2ccc(C#N)cc2F)c(Cl)c1. The number of nitrogens with zero attached hydrogens (tertiary/aromatic N) is 1. The summed E-state index contributed by atoms with van der Waals surface area (Å²) in [4.78, 5) is 11.2. The third-order valence-electron chi connectivity index (χ3n) is 2.90. The predicted octanol–water partition coefficient (Wildman–Crippen LogP) is 4.13. The van der Waals surface area contributed by atoms with Gasteiger partial charge in [0.15, 0.2) is 5.78 Å². The monoisotopic (exact) mass is 303 g/mol. The molecule has 0 bridgehead atoms. The molecule has 0 aliphatic carbocycles. The topological polar surface area (TPSA) is 50.1 Å². The van der Waals surface area contributed by atoms with Crippen LogP contribution in [0.1, 0.15) is 28.4 Å². The molecule has 5 heteroatoms. The van der Waals surface area contributed by atoms with Crippen LogP contribution in [0.2, 0.25) is 5.02 Å². The molecule has 21 heavy (non-hydrogen) atoms. The number of Topliss-reactive ketones (excluding diaryl/α,β-unsaturated/α-hetero) is 1. The zero-order chi connectivity index (χ0) is 15.4. The molecule has 0 heterocycles. The molecule has 0 aliphatic heterocycles. The Hall–Kier alpha value is -2.38. The second kappa shape index (κ2) is 6.38. The van der Waals surface area contributed by atoms with Crippen LogP contribution in [0.3, 0.4) is 0 Å². The summed E-state index contributed by atoms with van der Waals surface area (Å²) in [6.07, 6.45) is 0. The van der Waals surface area contributed by atoms with Crippen molar-refractivity contribution in [2.45, 2.75) is 13.5 Å². The summed E-state index contributed by atoms with van der Waals surface area (Å²) < 4.78 is 19.1. The second-order valence-corrected chi connectivity index (χ2v) is 4.82. The molecule has 0 aromatic heterocycles. The molecule has 0 radical (unpaired) electrons. The fourth-order valence-electron chi connectivity index (χ4n) is 1.73. The highest BCUT2D eigenvalue weighted by Crippen LogP contribution is 2.26. The Labute approximate surface area is 126 Å². The molecule has 2 aromatic carbocycles. The van der Waals surface area contributed by atoms with Gasteiger partial charge in [0.1, 0.15) is 18.2 Å². The number of benzene rings is 2. The smallest absolute Gasteiger partial charge is 0.159 e. The Balaban J connectivity index is 2.13. The van der Waals surface area contributed by atoms with Crippen molar-refractivity contribution in [2.75, 3.05) is 0 Å². The van der Waals surface area contributed by atoms with E-state index in [-0.39, 0.29) is 23.0 Å². The van der Waals surface area contributed by atoms with Crippen molar-refractivity contribution < 1.29 is 13.9 Å². The van der Waals surface area contributed by atoms with Gasteiger partial charge >= 0.3 is 0 Å². The quantitative estimate of drug-likeness (QED) is 0.798. The zero-order valence-electron chi connectivity index (χ0n) is 11.2. The van der Waals surface area contributed by atoms with Crippen LogP contribution in [0.5, 0.6) is 5.75 Å². The van der Waals surface area contributed by atoms with Gasteiger partial charge in [0.25, 0.3) is 0 Å². The summed E-state index contributed by atoms with van der Waals surface area (Å²) in [7, 11) is 0. The Morgan fingerprint density at radius 2 is 2.10 bits per heavy atom. The molecule has 2 rings (SSSR count). The Morgan fingerprint density at radius 1 is 1.33 bits per heavy atom. The van der Waals surface area contributed by atoms with E-state index in [0.717, 1.165) is 6.07 Å². The standard InChI is InChI=1S/C16H11ClFNO2/c1-10(20)12-4-5-16(14(17)7-12)21-9-13-3-2-11(8-19)6-15(13)18/h2-7H,9H2,1H3. The lowest BCUT2D eigenvalue weighted by molar-refractivity contribution is 0.101. The third-order valence-corrected chi connectivity index (χ3v) is 3.20. The molecule has 0 aliphatic rings. The molecule has 2 aromatic rings. The predicted molar refractivity (Wildman–Crippen MR) is 76.9 cm³/mol. The van der Waals surface area contributed by atoms with Crippen LogP contribution < -0.4 is 4.74 Å². The van der Waals surface area contributed by atoms with Crippen molar-refractivity contribution in [1.82, 2.24) is 0 Å². The van der Waals surface area contributed by atoms with E-state index >= 15 is 0 Å². The molecule has 0 atom stereocenters. The first kappa shape index (κ1) is 15.0. The largest absolute Gasteiger partial charge is 0.487 e. The molecular formula is C16H11ClFNO2. The summed E-state index contributed by atoms with van der Waals surface area (Å²) in [5.74, 6) is -0.238. The number of hydrogen-bond donors (Lipinski definition) is 0. The lowest BCUT2D eigenvalue weighted by atomic mass is 10.1. The Bertz CT molecular complexity index is 738. The minimum absolute atomic E-state index is 0.0172. The highest BCUT2D eigenvalue weighted by molar-refractivity contribution is 6.32. The summed E-state index contributed by atoms with van der Waals surface area (Å²) in [6, 6.07) is 10.7. The van der Waals surface area contributed by atoms with Gasteiger partial charge in [-0.15, -0.1) is 0 Å². The van der Waals surface area contributed by atoms with Crippen LogP contribution in [-0.2, 0) is 6.61 Å². The highest BCUT2D eigenvalue weighted by Gasteiger charge is 2.08. The van der Waals surface area contributed by atoms with E-state index in [1.807, 2.05) is 6.07 Å². The van der Waals surface area contributed by atoms with E-state index in [9.17, 15) is 9.18 Å². The number of ketones is 1. The summed E-state index contributed by atoms with van der Waals surface area (Å²) >= 11 is 6.01. The van der Waals surface area contributed by atoms with Gasteiger partial charge in [0.05, 0.1) is 16.7 Å². The molecule has 0 saturated heterocycles. The van der Waals surface area contributed by atoms with Gasteiger partial charge in [-0.25, -0.2) is 4.39 Å². The van der Waals surface area contributed by atoms with Crippen LogP contribution in [0.25, 0.3) is 0 Å². The summed E-state index contributed by atoms with van der Waals surface area (Å²) in [6.45, 7) is 1.43. The number of hydrogen-bond acceptors (Lipinski definition) is 3. The molecule has 0 spiro atoms. The first-order valence-electron chi connectivity index (χ1n) is 6.13. The van der Waals surface area contributed by atoms with Crippen molar-refractivity contribution in [2.24, 2.45) is 0 Å². The van der Waals surface area contributed by atoms with Gasteiger partial charge in [-0.3, -0.25) is 4.79 Å². The maximum Gasteiger partial charge on any atom is 0.159 e. The highest BCUT2D eigenvalue weighted by atomic mass is 35.5. The van der Waals surface area contributed by atoms with Crippen molar-refractivity contribution in [3.63, 3.8) is 0 Å². The van der Waals surface area contributed by atoms with E-state index in [0.29, 0.717) is 16.9 Å². The average Bonchev–Trinajstić information content (AvgIpc) is 2.46. The second-order valence-electron chi connectivity index (χ2n) is 4.41. The summed E-state index contributed by atoms with van der Waals surface area (Å²) in [5.41, 5.74) is 1.05. The van der Waals surface area contributed by atoms with Crippen LogP contribution in [0.15, 0.2) is 36.4 Å². The number of rotatable bonds is 4. The molecule has 106 valence electrons. The molecule has 0 saturated carbocycles. The van der Waals surface area contributed by atoms with Crippen molar-refractivity contribution >= 4 is 17.4 Å². The average molecular weight is 304 g/mol. The Kier molecular flexibility index (Phi) is 4.56. The van der Waals surface area contributed by atoms with E-state index in [1.165, 1.54) is 25.1 Å². The number of carbonyl (C=O) groups excluding carboxylic acids is 1. The molecule has 0 fully saturated rings. The fourth-order valence-corrected chi connectivity index (χ4v) is 1.96. The Morgan fingerprint density at radius 3 is 2.67 bits per heavy atom. The van der Waals surface area contributed by atoms with Gasteiger partial charge in [-0.2, -0.15) is 5.26 Å². The number of halogens is 2. The summed E-state index contributed by atoms with van der Waals surface area (Å²) in [5, 5.41) is 8.96. The number of nitriles is 1. The molecular weight excluding hydrogens is 293 g/mol. The lowest BCUT2D eigenvalue weighted by Crippen LogP contribution is -2.00. The van der Waals surface area contributed by atoms with E-state index in [2.05, 4.69) is 0 Å². The maximum absolute atomic E-state index is 13.7. The van der Waals surface area contributed by atoms with Crippen molar-refractivity contribution in [1.29, 1.82) is 5.26 Å². The first-order chi connectivity index (χ1) is 10.0. The van der Waals surface area contributed by atoms with Gasteiger partial charge < -0.3 is 4.74 Å². The van der Waals surface area contributed by atoms with Gasteiger partial charge in [-0.1, -0.05) is 17.7 Å². The van der Waals surface area contributed by atoms with Crippen molar-refractivity contribution in [3.8, 4) is 11.8 Å². The molecule has 0 amide bonds. The van der Waals surface area contributed by atoms with Crippen LogP contribution in [0, 0.1) is 17.1 Å². The van der Waals surface area contributed by atoms with Gasteiger partial charge in [-0.05, 0) is 37.3 Å². The number of ether oxygens (including phenoxy) is 1. The van der Waals surface area contributed by atoms with Crippen molar-refractivity contribution in [3.05, 3.63) is 63.9 Å². The molecule has 0 unspecified atom stereocenters. The zero-order valence-corrected chi connectivity index (χ0v) is 11.9. The van der Waals surface area contributed by atoms with Gasteiger partial charge in [0.2, 0.25) is 0 Å². The van der Waals surface area contributed by atoms with Gasteiger partial charge in [0, 0.05) is 11.1 Å². The number of carbonyl (C=O) groups is 1. The fraction of sp³-hybridized carbons (Fsp3) is 0.125. The van der Waals surface area contributed by atoms with E-state index < -0.39 is 5.82 Å². The van der Waals surface area contributed by atoms with E-state index in [4.69, 9.17) is 21.6 Å². The normalized spacial score (nSPS) is 10.0. The van der Waals surface area contributed by atoms with Crippen LogP contribution >= 0.6 is 11.6 Å². The molecule has 0 N–H and O–H groups in total. The van der Waals surface area contributed by atoms with E-state index in [1.54, 1.807) is 12.1 Å². The maximum atomic E-state index is 13.7. The molecule has 3 nitrogen and oxygen atoms in total. The lowest BCUT2D eigenvalue weighted by Gasteiger charge is -2.09. The minimum Gasteiger partial charge on any atom is -0.487 e. The third kappa shape index (κ3) is 3.59. The van der Waals surface area contributed by atoms with Crippen LogP contribution in [-0.4, -0.2) is 5.78 Å². The minimum atomic E-state index is -0.509.